The van der Waals surface area contributed by atoms with Gasteiger partial charge in [-0.05, 0) is 30.2 Å². The number of aliphatic carboxylic acids is 1. The number of hydrogen-bond acceptors (Lipinski definition) is 3. The molecule has 4 nitrogen and oxygen atoms in total. The Labute approximate surface area is 150 Å². The zero-order valence-corrected chi connectivity index (χ0v) is 15.4. The number of hydrogen-bond donors (Lipinski definition) is 2. The van der Waals surface area contributed by atoms with Crippen LogP contribution in [0, 0.1) is 0 Å². The monoisotopic (exact) mass is 344 g/mol. The molecule has 0 heterocycles. The number of ether oxygens (including phenoxy) is 1. The van der Waals surface area contributed by atoms with Crippen LogP contribution in [0.4, 0.5) is 0 Å². The lowest BCUT2D eigenvalue weighted by Crippen LogP contribution is -2.18. The molecule has 0 amide bonds. The highest BCUT2D eigenvalue weighted by Gasteiger charge is 2.22. The highest BCUT2D eigenvalue weighted by atomic mass is 16.5. The summed E-state index contributed by atoms with van der Waals surface area (Å²) in [6.45, 7) is 8.07. The van der Waals surface area contributed by atoms with Gasteiger partial charge in [0.2, 0.25) is 0 Å². The minimum absolute atomic E-state index is 0.0376. The van der Waals surface area contributed by atoms with Gasteiger partial charge in [0.25, 0.3) is 0 Å². The summed E-state index contributed by atoms with van der Waals surface area (Å²) in [6, 6.07) is 18.6. The van der Waals surface area contributed by atoms with Crippen LogP contribution in [0.2, 0.25) is 0 Å². The quantitative estimate of drug-likeness (QED) is 0.822. The smallest absolute Gasteiger partial charge is 0.303 e. The second-order valence-electron chi connectivity index (χ2n) is 6.42. The molecule has 2 aromatic carbocycles. The Hall–Kier alpha value is -2.33. The molecular formula is C21H28O4. The summed E-state index contributed by atoms with van der Waals surface area (Å²) < 4.78 is 5.49. The van der Waals surface area contributed by atoms with Gasteiger partial charge in [0, 0.05) is 11.8 Å². The lowest BCUT2D eigenvalue weighted by Gasteiger charge is -2.26. The van der Waals surface area contributed by atoms with E-state index in [-0.39, 0.29) is 11.8 Å². The molecule has 4 heteroatoms. The van der Waals surface area contributed by atoms with Crippen LogP contribution in [0.15, 0.2) is 54.6 Å². The predicted molar refractivity (Wildman–Crippen MR) is 100 cm³/mol. The van der Waals surface area contributed by atoms with Crippen molar-refractivity contribution >= 4 is 5.97 Å². The third-order valence-electron chi connectivity index (χ3n) is 3.87. The summed E-state index contributed by atoms with van der Waals surface area (Å²) in [4.78, 5) is 9.37. The van der Waals surface area contributed by atoms with E-state index in [4.69, 9.17) is 9.84 Å². The number of rotatable bonds is 6. The zero-order chi connectivity index (χ0) is 18.9. The molecule has 0 fully saturated rings. The number of aliphatic hydroxyl groups excluding tert-OH is 1. The Balaban J connectivity index is 0.000000550. The molecule has 136 valence electrons. The summed E-state index contributed by atoms with van der Waals surface area (Å²) in [7, 11) is 0. The fraction of sp³-hybridized carbons (Fsp3) is 0.381. The van der Waals surface area contributed by atoms with Crippen LogP contribution < -0.4 is 4.74 Å². The van der Waals surface area contributed by atoms with E-state index >= 15 is 0 Å². The van der Waals surface area contributed by atoms with Gasteiger partial charge in [-0.3, -0.25) is 4.79 Å². The van der Waals surface area contributed by atoms with Crippen molar-refractivity contribution in [3.63, 3.8) is 0 Å². The topological polar surface area (TPSA) is 66.8 Å². The van der Waals surface area contributed by atoms with Crippen LogP contribution >= 0.6 is 0 Å². The average Bonchev–Trinajstić information content (AvgIpc) is 2.61. The van der Waals surface area contributed by atoms with Crippen molar-refractivity contribution in [2.24, 2.45) is 0 Å². The lowest BCUT2D eigenvalue weighted by molar-refractivity contribution is -0.136. The minimum atomic E-state index is -0.745. The molecule has 1 atom stereocenters. The number of carboxylic acid groups (broad SMARTS) is 1. The molecule has 0 aromatic heterocycles. The SMILES string of the molecule is CC(O)COc1ccc(C(C)(C)c2ccccc2)cc1.CCC(=O)O. The highest BCUT2D eigenvalue weighted by molar-refractivity contribution is 5.66. The Morgan fingerprint density at radius 3 is 1.96 bits per heavy atom. The zero-order valence-electron chi connectivity index (χ0n) is 15.4. The molecule has 25 heavy (non-hydrogen) atoms. The summed E-state index contributed by atoms with van der Waals surface area (Å²) in [5.74, 6) is 0.0449. The van der Waals surface area contributed by atoms with E-state index in [9.17, 15) is 9.90 Å². The summed E-state index contributed by atoms with van der Waals surface area (Å²) in [6.07, 6.45) is -0.226. The van der Waals surface area contributed by atoms with Crippen molar-refractivity contribution in [3.8, 4) is 5.75 Å². The molecule has 2 aromatic rings. The van der Waals surface area contributed by atoms with Crippen molar-refractivity contribution in [3.05, 3.63) is 65.7 Å². The molecule has 0 saturated carbocycles. The van der Waals surface area contributed by atoms with Gasteiger partial charge < -0.3 is 14.9 Å². The van der Waals surface area contributed by atoms with Gasteiger partial charge in [-0.15, -0.1) is 0 Å². The Morgan fingerprint density at radius 2 is 1.52 bits per heavy atom. The van der Waals surface area contributed by atoms with Gasteiger partial charge in [0.1, 0.15) is 12.4 Å². The van der Waals surface area contributed by atoms with Crippen molar-refractivity contribution in [1.82, 2.24) is 0 Å². The minimum Gasteiger partial charge on any atom is -0.491 e. The third kappa shape index (κ3) is 6.98. The first kappa shape index (κ1) is 20.7. The van der Waals surface area contributed by atoms with Crippen LogP contribution in [0.25, 0.3) is 0 Å². The van der Waals surface area contributed by atoms with E-state index in [0.29, 0.717) is 6.61 Å². The molecule has 2 rings (SSSR count). The summed E-state index contributed by atoms with van der Waals surface area (Å²) in [5.41, 5.74) is 2.50. The van der Waals surface area contributed by atoms with Crippen LogP contribution in [-0.2, 0) is 10.2 Å². The molecule has 0 aliphatic carbocycles. The van der Waals surface area contributed by atoms with Gasteiger partial charge in [-0.25, -0.2) is 0 Å². The van der Waals surface area contributed by atoms with E-state index in [1.807, 2.05) is 18.2 Å². The van der Waals surface area contributed by atoms with Crippen LogP contribution in [0.5, 0.6) is 5.75 Å². The van der Waals surface area contributed by atoms with Gasteiger partial charge in [0.05, 0.1) is 6.10 Å². The van der Waals surface area contributed by atoms with E-state index in [2.05, 4.69) is 50.2 Å². The third-order valence-corrected chi connectivity index (χ3v) is 3.87. The van der Waals surface area contributed by atoms with Crippen molar-refractivity contribution in [2.75, 3.05) is 6.61 Å². The fourth-order valence-electron chi connectivity index (χ4n) is 2.21. The highest BCUT2D eigenvalue weighted by Crippen LogP contribution is 2.32. The first-order chi connectivity index (χ1) is 11.8. The van der Waals surface area contributed by atoms with Gasteiger partial charge in [0.15, 0.2) is 0 Å². The van der Waals surface area contributed by atoms with Gasteiger partial charge >= 0.3 is 5.97 Å². The van der Waals surface area contributed by atoms with Gasteiger partial charge in [-0.1, -0.05) is 63.2 Å². The number of aliphatic hydroxyl groups is 1. The summed E-state index contributed by atoms with van der Waals surface area (Å²) in [5, 5.41) is 16.9. The molecule has 0 radical (unpaired) electrons. The second-order valence-corrected chi connectivity index (χ2v) is 6.42. The van der Waals surface area contributed by atoms with Crippen molar-refractivity contribution in [2.45, 2.75) is 45.6 Å². The molecule has 0 aliphatic rings. The van der Waals surface area contributed by atoms with Crippen molar-refractivity contribution < 1.29 is 19.7 Å². The molecule has 0 spiro atoms. The maximum absolute atomic E-state index is 9.37. The molecule has 0 saturated heterocycles. The first-order valence-corrected chi connectivity index (χ1v) is 8.46. The molecule has 0 bridgehead atoms. The normalized spacial score (nSPS) is 11.9. The Kier molecular flexibility index (Phi) is 8.16. The fourth-order valence-corrected chi connectivity index (χ4v) is 2.21. The van der Waals surface area contributed by atoms with E-state index in [1.54, 1.807) is 13.8 Å². The Morgan fingerprint density at radius 1 is 1.04 bits per heavy atom. The van der Waals surface area contributed by atoms with Gasteiger partial charge in [-0.2, -0.15) is 0 Å². The largest absolute Gasteiger partial charge is 0.491 e. The second kappa shape index (κ2) is 9.84. The Bertz CT molecular complexity index is 631. The lowest BCUT2D eigenvalue weighted by atomic mass is 9.78. The summed E-state index contributed by atoms with van der Waals surface area (Å²) >= 11 is 0. The molecule has 2 N–H and O–H groups in total. The van der Waals surface area contributed by atoms with E-state index in [0.717, 1.165) is 5.75 Å². The number of benzene rings is 2. The van der Waals surface area contributed by atoms with Crippen molar-refractivity contribution in [1.29, 1.82) is 0 Å². The van der Waals surface area contributed by atoms with Crippen LogP contribution in [0.3, 0.4) is 0 Å². The first-order valence-electron chi connectivity index (χ1n) is 8.46. The number of carboxylic acids is 1. The van der Waals surface area contributed by atoms with Crippen LogP contribution in [0.1, 0.15) is 45.2 Å². The molecule has 1 unspecified atom stereocenters. The molecule has 0 aliphatic heterocycles. The maximum Gasteiger partial charge on any atom is 0.303 e. The van der Waals surface area contributed by atoms with Crippen LogP contribution in [-0.4, -0.2) is 28.9 Å². The molecular weight excluding hydrogens is 316 g/mol. The predicted octanol–water partition coefficient (Wildman–Crippen LogP) is 4.25. The number of carbonyl (C=O) groups is 1. The van der Waals surface area contributed by atoms with E-state index < -0.39 is 12.1 Å². The average molecular weight is 344 g/mol. The maximum atomic E-state index is 9.37. The standard InChI is InChI=1S/C18H22O2.C3H6O2/c1-14(19)13-20-17-11-9-16(10-12-17)18(2,3)15-7-5-4-6-8-15;1-2-3(4)5/h4-12,14,19H,13H2,1-3H3;2H2,1H3,(H,4,5). The van der Waals surface area contributed by atoms with E-state index in [1.165, 1.54) is 11.1 Å².